The van der Waals surface area contributed by atoms with Gasteiger partial charge in [-0.15, -0.1) is 0 Å². The van der Waals surface area contributed by atoms with Crippen LogP contribution < -0.4 is 4.74 Å². The second-order valence-corrected chi connectivity index (χ2v) is 2.46. The minimum Gasteiger partial charge on any atom is -0.495 e. The Hall–Kier alpha value is -0.730. The van der Waals surface area contributed by atoms with Gasteiger partial charge in [0.1, 0.15) is 12.4 Å². The van der Waals surface area contributed by atoms with Crippen molar-refractivity contribution in [3.8, 4) is 5.75 Å². The Bertz CT molecular complexity index is 226. The number of hydrogen-bond donors (Lipinski definition) is 0. The van der Waals surface area contributed by atoms with E-state index in [-0.39, 0.29) is 6.61 Å². The van der Waals surface area contributed by atoms with Gasteiger partial charge < -0.3 is 4.74 Å². The Morgan fingerprint density at radius 2 is 2.27 bits per heavy atom. The largest absolute Gasteiger partial charge is 0.495 e. The van der Waals surface area contributed by atoms with Gasteiger partial charge in [0.2, 0.25) is 0 Å². The monoisotopic (exact) mass is 171 g/mol. The van der Waals surface area contributed by atoms with E-state index in [9.17, 15) is 5.11 Å². The minimum atomic E-state index is -0.309. The molecule has 1 radical (unpaired) electrons. The third kappa shape index (κ3) is 1.64. The highest BCUT2D eigenvalue weighted by molar-refractivity contribution is 6.32. The zero-order chi connectivity index (χ0) is 8.27. The van der Waals surface area contributed by atoms with Crippen LogP contribution in [-0.4, -0.2) is 7.11 Å². The Morgan fingerprint density at radius 1 is 1.55 bits per heavy atom. The molecule has 0 N–H and O–H groups in total. The summed E-state index contributed by atoms with van der Waals surface area (Å²) in [4.78, 5) is 0. The van der Waals surface area contributed by atoms with Crippen molar-refractivity contribution in [2.75, 3.05) is 7.11 Å². The average Bonchev–Trinajstić information content (AvgIpc) is 2.05. The summed E-state index contributed by atoms with van der Waals surface area (Å²) in [6, 6.07) is 5.16. The lowest BCUT2D eigenvalue weighted by atomic mass is 10.2. The third-order valence-electron chi connectivity index (χ3n) is 1.42. The molecule has 1 aromatic rings. The molecule has 0 heterocycles. The summed E-state index contributed by atoms with van der Waals surface area (Å²) in [5.74, 6) is 0.556. The van der Waals surface area contributed by atoms with Crippen LogP contribution in [-0.2, 0) is 11.7 Å². The van der Waals surface area contributed by atoms with Crippen molar-refractivity contribution in [2.24, 2.45) is 0 Å². The number of rotatable bonds is 2. The first-order valence-electron chi connectivity index (χ1n) is 3.19. The smallest absolute Gasteiger partial charge is 0.137 e. The van der Waals surface area contributed by atoms with E-state index in [0.717, 1.165) is 0 Å². The highest BCUT2D eigenvalue weighted by Crippen LogP contribution is 2.27. The maximum Gasteiger partial charge on any atom is 0.137 e. The molecule has 0 aliphatic rings. The van der Waals surface area contributed by atoms with Crippen LogP contribution in [0.2, 0.25) is 5.02 Å². The van der Waals surface area contributed by atoms with Crippen LogP contribution in [0.5, 0.6) is 5.75 Å². The van der Waals surface area contributed by atoms with Crippen LogP contribution in [0.1, 0.15) is 5.56 Å². The summed E-state index contributed by atoms with van der Waals surface area (Å²) in [5, 5.41) is 10.9. The third-order valence-corrected chi connectivity index (χ3v) is 1.85. The molecule has 0 spiro atoms. The van der Waals surface area contributed by atoms with Gasteiger partial charge in [0, 0.05) is 5.56 Å². The molecule has 11 heavy (non-hydrogen) atoms. The van der Waals surface area contributed by atoms with Gasteiger partial charge in [0.25, 0.3) is 0 Å². The van der Waals surface area contributed by atoms with E-state index < -0.39 is 0 Å². The molecule has 0 fully saturated rings. The number of ether oxygens (including phenoxy) is 1. The molecule has 1 aromatic carbocycles. The molecule has 0 atom stereocenters. The fourth-order valence-corrected chi connectivity index (χ4v) is 1.08. The van der Waals surface area contributed by atoms with Crippen LogP contribution in [0.3, 0.4) is 0 Å². The maximum atomic E-state index is 10.5. The lowest BCUT2D eigenvalue weighted by Gasteiger charge is -2.04. The first-order valence-corrected chi connectivity index (χ1v) is 3.57. The highest BCUT2D eigenvalue weighted by Gasteiger charge is 2.04. The van der Waals surface area contributed by atoms with Crippen molar-refractivity contribution in [1.82, 2.24) is 0 Å². The molecule has 0 saturated carbocycles. The lowest BCUT2D eigenvalue weighted by Crippen LogP contribution is -1.88. The molecular weight excluding hydrogens is 164 g/mol. The quantitative estimate of drug-likeness (QED) is 0.671. The van der Waals surface area contributed by atoms with Crippen molar-refractivity contribution in [2.45, 2.75) is 6.61 Å². The van der Waals surface area contributed by atoms with Crippen molar-refractivity contribution in [3.63, 3.8) is 0 Å². The van der Waals surface area contributed by atoms with Crippen LogP contribution in [0, 0.1) is 0 Å². The van der Waals surface area contributed by atoms with E-state index in [1.807, 2.05) is 0 Å². The summed E-state index contributed by atoms with van der Waals surface area (Å²) in [5.41, 5.74) is 0.575. The molecule has 0 unspecified atom stereocenters. The van der Waals surface area contributed by atoms with Crippen LogP contribution in [0.15, 0.2) is 18.2 Å². The van der Waals surface area contributed by atoms with E-state index in [1.165, 1.54) is 7.11 Å². The molecular formula is C8H8ClO2. The minimum absolute atomic E-state index is 0.309. The first kappa shape index (κ1) is 8.37. The van der Waals surface area contributed by atoms with Crippen molar-refractivity contribution in [1.29, 1.82) is 0 Å². The van der Waals surface area contributed by atoms with Crippen LogP contribution >= 0.6 is 11.6 Å². The van der Waals surface area contributed by atoms with Gasteiger partial charge in [-0.25, -0.2) is 5.11 Å². The predicted molar refractivity (Wildman–Crippen MR) is 42.4 cm³/mol. The van der Waals surface area contributed by atoms with E-state index in [4.69, 9.17) is 16.3 Å². The Kier molecular flexibility index (Phi) is 2.74. The fourth-order valence-electron chi connectivity index (χ4n) is 0.825. The second-order valence-electron chi connectivity index (χ2n) is 2.08. The zero-order valence-corrected chi connectivity index (χ0v) is 6.89. The molecule has 0 bridgehead atoms. The molecule has 0 aliphatic heterocycles. The van der Waals surface area contributed by atoms with E-state index >= 15 is 0 Å². The normalized spacial score (nSPS) is 9.73. The van der Waals surface area contributed by atoms with Crippen molar-refractivity contribution < 1.29 is 9.84 Å². The number of hydrogen-bond acceptors (Lipinski definition) is 1. The molecule has 0 saturated heterocycles. The number of benzene rings is 1. The molecule has 1 rings (SSSR count). The van der Waals surface area contributed by atoms with Gasteiger partial charge in [-0.3, -0.25) is 0 Å². The van der Waals surface area contributed by atoms with E-state index in [2.05, 4.69) is 0 Å². The first-order chi connectivity index (χ1) is 5.29. The fraction of sp³-hybridized carbons (Fsp3) is 0.250. The number of methoxy groups -OCH3 is 1. The summed E-state index contributed by atoms with van der Waals surface area (Å²) >= 11 is 5.78. The molecule has 59 valence electrons. The Labute approximate surface area is 70.4 Å². The predicted octanol–water partition coefficient (Wildman–Crippen LogP) is 2.28. The van der Waals surface area contributed by atoms with Crippen LogP contribution in [0.25, 0.3) is 0 Å². The standard InChI is InChI=1S/C8H8ClO2/c1-11-7-4-2-3-6(5-10)8(7)9/h2-4H,5H2,1H3. The SMILES string of the molecule is COc1cccc(C[O])c1Cl. The topological polar surface area (TPSA) is 29.1 Å². The highest BCUT2D eigenvalue weighted by atomic mass is 35.5. The summed E-state index contributed by atoms with van der Waals surface area (Å²) < 4.78 is 4.92. The molecule has 0 aromatic heterocycles. The molecule has 0 amide bonds. The molecule has 0 aliphatic carbocycles. The Balaban J connectivity index is 3.10. The van der Waals surface area contributed by atoms with Gasteiger partial charge in [0.15, 0.2) is 0 Å². The van der Waals surface area contributed by atoms with Crippen molar-refractivity contribution >= 4 is 11.6 Å². The average molecular weight is 172 g/mol. The summed E-state index contributed by atoms with van der Waals surface area (Å²) in [6.07, 6.45) is 0. The van der Waals surface area contributed by atoms with Crippen LogP contribution in [0.4, 0.5) is 0 Å². The molecule has 2 nitrogen and oxygen atoms in total. The Morgan fingerprint density at radius 3 is 2.82 bits per heavy atom. The number of halogens is 1. The van der Waals surface area contributed by atoms with E-state index in [0.29, 0.717) is 16.3 Å². The van der Waals surface area contributed by atoms with Gasteiger partial charge >= 0.3 is 0 Å². The second kappa shape index (κ2) is 3.60. The summed E-state index contributed by atoms with van der Waals surface area (Å²) in [6.45, 7) is -0.309. The summed E-state index contributed by atoms with van der Waals surface area (Å²) in [7, 11) is 1.52. The zero-order valence-electron chi connectivity index (χ0n) is 6.13. The van der Waals surface area contributed by atoms with Gasteiger partial charge in [-0.05, 0) is 6.07 Å². The maximum absolute atomic E-state index is 10.5. The lowest BCUT2D eigenvalue weighted by molar-refractivity contribution is 0.177. The van der Waals surface area contributed by atoms with Gasteiger partial charge in [0.05, 0.1) is 12.1 Å². The van der Waals surface area contributed by atoms with Gasteiger partial charge in [-0.2, -0.15) is 0 Å². The van der Waals surface area contributed by atoms with E-state index in [1.54, 1.807) is 18.2 Å². The van der Waals surface area contributed by atoms with Crippen molar-refractivity contribution in [3.05, 3.63) is 28.8 Å². The molecule has 3 heteroatoms. The van der Waals surface area contributed by atoms with Gasteiger partial charge in [-0.1, -0.05) is 23.7 Å².